The molecule has 0 radical (unpaired) electrons. The Hall–Kier alpha value is -0.0800. The van der Waals surface area contributed by atoms with Gasteiger partial charge in [-0.1, -0.05) is 20.3 Å². The van der Waals surface area contributed by atoms with Crippen molar-refractivity contribution in [2.45, 2.75) is 38.7 Å². The molecule has 0 amide bonds. The lowest BCUT2D eigenvalue weighted by atomic mass is 9.85. The molecule has 1 aliphatic rings. The van der Waals surface area contributed by atoms with Gasteiger partial charge in [-0.25, -0.2) is 0 Å². The minimum absolute atomic E-state index is 0.183. The van der Waals surface area contributed by atoms with Crippen molar-refractivity contribution in [3.05, 3.63) is 0 Å². The first-order valence-electron chi connectivity index (χ1n) is 4.50. The first kappa shape index (κ1) is 9.01. The topological polar surface area (TPSA) is 29.5 Å². The molecule has 0 saturated carbocycles. The van der Waals surface area contributed by atoms with Crippen molar-refractivity contribution in [1.29, 1.82) is 0 Å². The van der Waals surface area contributed by atoms with E-state index in [1.165, 1.54) is 0 Å². The van der Waals surface area contributed by atoms with E-state index in [1.807, 2.05) is 0 Å². The van der Waals surface area contributed by atoms with E-state index in [0.717, 1.165) is 25.9 Å². The Labute approximate surface area is 68.6 Å². The van der Waals surface area contributed by atoms with E-state index in [9.17, 15) is 5.11 Å². The highest BCUT2D eigenvalue weighted by molar-refractivity contribution is 4.88. The first-order chi connectivity index (χ1) is 5.25. The maximum atomic E-state index is 9.19. The fourth-order valence-electron chi connectivity index (χ4n) is 1.76. The molecule has 66 valence electrons. The highest BCUT2D eigenvalue weighted by Gasteiger charge is 2.38. The van der Waals surface area contributed by atoms with Gasteiger partial charge < -0.3 is 9.84 Å². The third kappa shape index (κ3) is 1.57. The minimum Gasteiger partial charge on any atom is -0.393 e. The second-order valence-corrected chi connectivity index (χ2v) is 3.48. The maximum absolute atomic E-state index is 9.19. The van der Waals surface area contributed by atoms with Crippen LogP contribution in [-0.2, 0) is 4.74 Å². The molecule has 11 heavy (non-hydrogen) atoms. The summed E-state index contributed by atoms with van der Waals surface area (Å²) in [5, 5.41) is 9.19. The van der Waals surface area contributed by atoms with Crippen LogP contribution in [0.25, 0.3) is 0 Å². The summed E-state index contributed by atoms with van der Waals surface area (Å²) in [5.41, 5.74) is -0.200. The van der Waals surface area contributed by atoms with Crippen molar-refractivity contribution in [2.75, 3.05) is 13.2 Å². The molecule has 1 rings (SSSR count). The molecule has 1 aliphatic heterocycles. The summed E-state index contributed by atoms with van der Waals surface area (Å²) in [5.74, 6) is 0.481. The zero-order valence-corrected chi connectivity index (χ0v) is 7.47. The normalized spacial score (nSPS) is 34.1. The van der Waals surface area contributed by atoms with Gasteiger partial charge in [0.05, 0.1) is 12.2 Å². The Bertz CT molecular complexity index is 117. The van der Waals surface area contributed by atoms with E-state index < -0.39 is 0 Å². The molecule has 0 aromatic carbocycles. The Balaban J connectivity index is 2.58. The summed E-state index contributed by atoms with van der Waals surface area (Å²) >= 11 is 0. The minimum atomic E-state index is -0.200. The van der Waals surface area contributed by atoms with Gasteiger partial charge in [-0.2, -0.15) is 0 Å². The summed E-state index contributed by atoms with van der Waals surface area (Å²) in [7, 11) is 0. The number of hydrogen-bond donors (Lipinski definition) is 1. The molecule has 2 atom stereocenters. The largest absolute Gasteiger partial charge is 0.393 e. The number of aliphatic hydroxyl groups is 1. The summed E-state index contributed by atoms with van der Waals surface area (Å²) in [6.07, 6.45) is 3.21. The highest BCUT2D eigenvalue weighted by Crippen LogP contribution is 2.34. The van der Waals surface area contributed by atoms with Gasteiger partial charge in [0, 0.05) is 6.61 Å². The van der Waals surface area contributed by atoms with E-state index in [4.69, 9.17) is 4.74 Å². The second kappa shape index (κ2) is 3.55. The molecule has 1 saturated heterocycles. The van der Waals surface area contributed by atoms with Crippen LogP contribution < -0.4 is 0 Å². The van der Waals surface area contributed by atoms with Crippen LogP contribution in [0, 0.1) is 5.92 Å². The third-order valence-electron chi connectivity index (χ3n) is 2.91. The van der Waals surface area contributed by atoms with Gasteiger partial charge in [0.15, 0.2) is 0 Å². The van der Waals surface area contributed by atoms with Gasteiger partial charge in [0.2, 0.25) is 0 Å². The van der Waals surface area contributed by atoms with Gasteiger partial charge in [-0.05, 0) is 18.8 Å². The Morgan fingerprint density at radius 3 is 2.73 bits per heavy atom. The number of rotatable bonds is 3. The summed E-state index contributed by atoms with van der Waals surface area (Å²) < 4.78 is 5.59. The van der Waals surface area contributed by atoms with Gasteiger partial charge >= 0.3 is 0 Å². The maximum Gasteiger partial charge on any atom is 0.0938 e. The number of aliphatic hydroxyl groups excluding tert-OH is 1. The summed E-state index contributed by atoms with van der Waals surface area (Å²) in [4.78, 5) is 0. The van der Waals surface area contributed by atoms with E-state index in [2.05, 4.69) is 13.8 Å². The predicted molar refractivity (Wildman–Crippen MR) is 44.5 cm³/mol. The molecule has 0 aliphatic carbocycles. The van der Waals surface area contributed by atoms with Crippen LogP contribution in [0.1, 0.15) is 33.1 Å². The Morgan fingerprint density at radius 2 is 2.36 bits per heavy atom. The van der Waals surface area contributed by atoms with Crippen LogP contribution in [0.4, 0.5) is 0 Å². The molecule has 1 heterocycles. The van der Waals surface area contributed by atoms with Crippen LogP contribution in [-0.4, -0.2) is 23.9 Å². The highest BCUT2D eigenvalue weighted by atomic mass is 16.5. The van der Waals surface area contributed by atoms with Gasteiger partial charge in [0.25, 0.3) is 0 Å². The van der Waals surface area contributed by atoms with Gasteiger partial charge in [-0.15, -0.1) is 0 Å². The predicted octanol–water partition coefficient (Wildman–Crippen LogP) is 1.57. The van der Waals surface area contributed by atoms with Crippen molar-refractivity contribution < 1.29 is 9.84 Å². The molecule has 0 aromatic rings. The standard InChI is InChI=1S/C9H18O2/c1-3-8(2)9(7-10)5-4-6-11-9/h8,10H,3-7H2,1-2H3. The van der Waals surface area contributed by atoms with Crippen molar-refractivity contribution >= 4 is 0 Å². The Morgan fingerprint density at radius 1 is 1.64 bits per heavy atom. The van der Waals surface area contributed by atoms with E-state index >= 15 is 0 Å². The fourth-order valence-corrected chi connectivity index (χ4v) is 1.76. The average Bonchev–Trinajstić information content (AvgIpc) is 2.52. The molecule has 0 bridgehead atoms. The van der Waals surface area contributed by atoms with Gasteiger partial charge in [-0.3, -0.25) is 0 Å². The van der Waals surface area contributed by atoms with Crippen molar-refractivity contribution in [3.8, 4) is 0 Å². The monoisotopic (exact) mass is 158 g/mol. The van der Waals surface area contributed by atoms with E-state index in [1.54, 1.807) is 0 Å². The van der Waals surface area contributed by atoms with Crippen molar-refractivity contribution in [1.82, 2.24) is 0 Å². The fraction of sp³-hybridized carbons (Fsp3) is 1.00. The Kier molecular flexibility index (Phi) is 2.90. The first-order valence-corrected chi connectivity index (χ1v) is 4.50. The van der Waals surface area contributed by atoms with Crippen LogP contribution >= 0.6 is 0 Å². The van der Waals surface area contributed by atoms with E-state index in [-0.39, 0.29) is 12.2 Å². The second-order valence-electron chi connectivity index (χ2n) is 3.48. The molecule has 2 unspecified atom stereocenters. The number of hydrogen-bond acceptors (Lipinski definition) is 2. The van der Waals surface area contributed by atoms with Crippen molar-refractivity contribution in [2.24, 2.45) is 5.92 Å². The van der Waals surface area contributed by atoms with Crippen LogP contribution in [0.3, 0.4) is 0 Å². The zero-order valence-electron chi connectivity index (χ0n) is 7.47. The number of ether oxygens (including phenoxy) is 1. The van der Waals surface area contributed by atoms with Crippen LogP contribution in [0.15, 0.2) is 0 Å². The third-order valence-corrected chi connectivity index (χ3v) is 2.91. The lowest BCUT2D eigenvalue weighted by molar-refractivity contribution is -0.0758. The quantitative estimate of drug-likeness (QED) is 0.675. The molecule has 0 spiro atoms. The molecule has 2 heteroatoms. The molecule has 1 fully saturated rings. The van der Waals surface area contributed by atoms with E-state index in [0.29, 0.717) is 5.92 Å². The van der Waals surface area contributed by atoms with Crippen molar-refractivity contribution in [3.63, 3.8) is 0 Å². The summed E-state index contributed by atoms with van der Waals surface area (Å²) in [6.45, 7) is 5.30. The summed E-state index contributed by atoms with van der Waals surface area (Å²) in [6, 6.07) is 0. The zero-order chi connectivity index (χ0) is 8.32. The van der Waals surface area contributed by atoms with Crippen LogP contribution in [0.2, 0.25) is 0 Å². The van der Waals surface area contributed by atoms with Crippen LogP contribution in [0.5, 0.6) is 0 Å². The molecular formula is C9H18O2. The smallest absolute Gasteiger partial charge is 0.0938 e. The lowest BCUT2D eigenvalue weighted by Crippen LogP contribution is -2.39. The molecule has 0 aromatic heterocycles. The molecule has 1 N–H and O–H groups in total. The molecule has 2 nitrogen and oxygen atoms in total. The van der Waals surface area contributed by atoms with Gasteiger partial charge in [0.1, 0.15) is 0 Å². The SMILES string of the molecule is CCC(C)C1(CO)CCCO1. The molecular weight excluding hydrogens is 140 g/mol. The lowest BCUT2D eigenvalue weighted by Gasteiger charge is -2.31. The average molecular weight is 158 g/mol.